The van der Waals surface area contributed by atoms with E-state index in [1.54, 1.807) is 36.4 Å². The van der Waals surface area contributed by atoms with Crippen LogP contribution in [0.25, 0.3) is 6.08 Å². The molecule has 0 aliphatic carbocycles. The Balaban J connectivity index is 1.55. The van der Waals surface area contributed by atoms with Gasteiger partial charge in [-0.05, 0) is 100 Å². The number of carbonyl (C=O) groups excluding carboxylic acids is 1. The number of aliphatic imine (C=N–C) groups is 1. The maximum Gasteiger partial charge on any atom is 0.335 e. The van der Waals surface area contributed by atoms with Crippen molar-refractivity contribution >= 4 is 56.5 Å². The van der Waals surface area contributed by atoms with E-state index in [0.717, 1.165) is 0 Å². The first-order valence-electron chi connectivity index (χ1n) is 10.8. The Kier molecular flexibility index (Phi) is 8.07. The maximum atomic E-state index is 13.1. The fourth-order valence-corrected chi connectivity index (χ4v) is 4.70. The number of rotatable bonds is 8. The van der Waals surface area contributed by atoms with E-state index in [4.69, 9.17) is 9.47 Å². The van der Waals surface area contributed by atoms with Gasteiger partial charge in [-0.3, -0.25) is 4.79 Å². The zero-order valence-corrected chi connectivity index (χ0v) is 21.4. The summed E-state index contributed by atoms with van der Waals surface area (Å²) in [6.45, 7) is 2.38. The minimum atomic E-state index is -1.01. The van der Waals surface area contributed by atoms with Gasteiger partial charge in [0.2, 0.25) is 0 Å². The van der Waals surface area contributed by atoms with E-state index in [0.29, 0.717) is 49.5 Å². The fraction of sp³-hybridized carbons (Fsp3) is 0.115. The third-order valence-electron chi connectivity index (χ3n) is 4.89. The van der Waals surface area contributed by atoms with E-state index < -0.39 is 5.97 Å². The summed E-state index contributed by atoms with van der Waals surface area (Å²) in [4.78, 5) is 28.5. The molecule has 10 heteroatoms. The van der Waals surface area contributed by atoms with Crippen LogP contribution in [0, 0.1) is 5.82 Å². The highest BCUT2D eigenvalue weighted by molar-refractivity contribution is 9.10. The van der Waals surface area contributed by atoms with Crippen LogP contribution in [-0.2, 0) is 11.4 Å². The Bertz CT molecular complexity index is 1380. The van der Waals surface area contributed by atoms with Crippen LogP contribution in [0.1, 0.15) is 28.4 Å². The number of hydrogen-bond acceptors (Lipinski definition) is 6. The lowest BCUT2D eigenvalue weighted by molar-refractivity contribution is -0.115. The van der Waals surface area contributed by atoms with Crippen LogP contribution in [0.4, 0.5) is 10.1 Å². The van der Waals surface area contributed by atoms with Crippen LogP contribution in [0.3, 0.4) is 0 Å². The van der Waals surface area contributed by atoms with Gasteiger partial charge in [-0.2, -0.15) is 0 Å². The number of thioether (sulfide) groups is 1. The fourth-order valence-electron chi connectivity index (χ4n) is 3.29. The molecule has 2 N–H and O–H groups in total. The molecule has 0 unspecified atom stereocenters. The molecule has 0 atom stereocenters. The second-order valence-electron chi connectivity index (χ2n) is 7.52. The summed E-state index contributed by atoms with van der Waals surface area (Å²) in [6, 6.07) is 15.7. The van der Waals surface area contributed by atoms with Crippen molar-refractivity contribution in [3.05, 3.63) is 92.5 Å². The molecule has 1 saturated heterocycles. The van der Waals surface area contributed by atoms with Gasteiger partial charge in [0.05, 0.1) is 27.2 Å². The number of halogens is 2. The molecule has 0 radical (unpaired) electrons. The molecule has 1 amide bonds. The van der Waals surface area contributed by atoms with E-state index in [1.807, 2.05) is 6.92 Å². The zero-order chi connectivity index (χ0) is 25.7. The Morgan fingerprint density at radius 2 is 1.94 bits per heavy atom. The Morgan fingerprint density at radius 1 is 1.17 bits per heavy atom. The molecular weight excluding hydrogens is 551 g/mol. The second-order valence-corrected chi connectivity index (χ2v) is 9.40. The molecule has 184 valence electrons. The predicted molar refractivity (Wildman–Crippen MR) is 140 cm³/mol. The van der Waals surface area contributed by atoms with Crippen LogP contribution < -0.4 is 14.8 Å². The third kappa shape index (κ3) is 6.32. The zero-order valence-electron chi connectivity index (χ0n) is 19.0. The molecule has 0 aromatic heterocycles. The van der Waals surface area contributed by atoms with E-state index in [9.17, 15) is 19.1 Å². The SMILES string of the molecule is CCOc1cc(/C=C2/SC(=Nc3ccc(F)cc3)NC2=O)cc(Br)c1OCc1cccc(C(=O)O)c1. The Hall–Kier alpha value is -3.63. The van der Waals surface area contributed by atoms with Gasteiger partial charge in [-0.15, -0.1) is 0 Å². The van der Waals surface area contributed by atoms with Crippen LogP contribution in [0.15, 0.2) is 75.0 Å². The largest absolute Gasteiger partial charge is 0.490 e. The van der Waals surface area contributed by atoms with Crippen molar-refractivity contribution in [1.29, 1.82) is 0 Å². The summed E-state index contributed by atoms with van der Waals surface area (Å²) in [7, 11) is 0. The first kappa shape index (κ1) is 25.5. The van der Waals surface area contributed by atoms with E-state index >= 15 is 0 Å². The number of amidine groups is 1. The van der Waals surface area contributed by atoms with Crippen molar-refractivity contribution in [2.45, 2.75) is 13.5 Å². The average Bonchev–Trinajstić information content (AvgIpc) is 3.18. The Labute approximate surface area is 219 Å². The lowest BCUT2D eigenvalue weighted by Crippen LogP contribution is -2.19. The lowest BCUT2D eigenvalue weighted by atomic mass is 10.1. The number of benzene rings is 3. The maximum absolute atomic E-state index is 13.1. The summed E-state index contributed by atoms with van der Waals surface area (Å²) in [6.07, 6.45) is 1.71. The van der Waals surface area contributed by atoms with Crippen LogP contribution >= 0.6 is 27.7 Å². The van der Waals surface area contributed by atoms with Crippen molar-refractivity contribution in [2.24, 2.45) is 4.99 Å². The smallest absolute Gasteiger partial charge is 0.335 e. The summed E-state index contributed by atoms with van der Waals surface area (Å²) < 4.78 is 25.5. The molecule has 3 aromatic carbocycles. The molecule has 1 heterocycles. The third-order valence-corrected chi connectivity index (χ3v) is 6.39. The highest BCUT2D eigenvalue weighted by Gasteiger charge is 2.24. The topological polar surface area (TPSA) is 97.2 Å². The van der Waals surface area contributed by atoms with Crippen LogP contribution in [0.5, 0.6) is 11.5 Å². The number of aromatic carboxylic acids is 1. The van der Waals surface area contributed by atoms with Gasteiger partial charge in [-0.25, -0.2) is 14.2 Å². The number of hydrogen-bond donors (Lipinski definition) is 2. The van der Waals surface area contributed by atoms with E-state index in [-0.39, 0.29) is 23.9 Å². The molecule has 7 nitrogen and oxygen atoms in total. The van der Waals surface area contributed by atoms with Gasteiger partial charge in [0.15, 0.2) is 16.7 Å². The van der Waals surface area contributed by atoms with Gasteiger partial charge in [-0.1, -0.05) is 12.1 Å². The van der Waals surface area contributed by atoms with Crippen LogP contribution in [0.2, 0.25) is 0 Å². The molecule has 3 aromatic rings. The monoisotopic (exact) mass is 570 g/mol. The number of carboxylic acid groups (broad SMARTS) is 1. The molecule has 4 rings (SSSR count). The number of carboxylic acids is 1. The van der Waals surface area contributed by atoms with Crippen LogP contribution in [-0.4, -0.2) is 28.8 Å². The second kappa shape index (κ2) is 11.4. The highest BCUT2D eigenvalue weighted by atomic mass is 79.9. The molecule has 1 aliphatic rings. The molecule has 0 saturated carbocycles. The quantitative estimate of drug-likeness (QED) is 0.315. The lowest BCUT2D eigenvalue weighted by Gasteiger charge is -2.15. The van der Waals surface area contributed by atoms with Crippen molar-refractivity contribution in [3.8, 4) is 11.5 Å². The first-order chi connectivity index (χ1) is 17.3. The number of nitrogens with one attached hydrogen (secondary N) is 1. The summed E-state index contributed by atoms with van der Waals surface area (Å²) in [5.41, 5.74) is 2.10. The standard InChI is InChI=1S/C26H20BrFN2O5S/c1-2-34-21-12-16(11-20(27)23(21)35-14-15-4-3-5-17(10-15)25(32)33)13-22-24(31)30-26(36-22)29-19-8-6-18(28)7-9-19/h3-13H,2,14H2,1H3,(H,32,33)(H,29,30,31)/b22-13+. The number of amides is 1. The molecule has 1 fully saturated rings. The molecule has 0 spiro atoms. The van der Waals surface area contributed by atoms with Gasteiger partial charge >= 0.3 is 5.97 Å². The predicted octanol–water partition coefficient (Wildman–Crippen LogP) is 6.16. The van der Waals surface area contributed by atoms with Crippen molar-refractivity contribution in [3.63, 3.8) is 0 Å². The van der Waals surface area contributed by atoms with Gasteiger partial charge in [0.1, 0.15) is 12.4 Å². The van der Waals surface area contributed by atoms with Crippen molar-refractivity contribution in [2.75, 3.05) is 6.61 Å². The summed E-state index contributed by atoms with van der Waals surface area (Å²) in [5.74, 6) is -0.739. The number of nitrogens with zero attached hydrogens (tertiary/aromatic N) is 1. The van der Waals surface area contributed by atoms with Gasteiger partial charge < -0.3 is 19.9 Å². The van der Waals surface area contributed by atoms with Gasteiger partial charge in [0.25, 0.3) is 5.91 Å². The van der Waals surface area contributed by atoms with E-state index in [1.165, 1.54) is 42.1 Å². The molecular formula is C26H20BrFN2O5S. The van der Waals surface area contributed by atoms with Crippen molar-refractivity contribution < 1.29 is 28.6 Å². The molecule has 36 heavy (non-hydrogen) atoms. The van der Waals surface area contributed by atoms with E-state index in [2.05, 4.69) is 26.2 Å². The van der Waals surface area contributed by atoms with Crippen molar-refractivity contribution in [1.82, 2.24) is 5.32 Å². The minimum absolute atomic E-state index is 0.141. The number of ether oxygens (including phenoxy) is 2. The number of carbonyl (C=O) groups is 2. The van der Waals surface area contributed by atoms with Gasteiger partial charge in [0, 0.05) is 0 Å². The minimum Gasteiger partial charge on any atom is -0.490 e. The molecule has 0 bridgehead atoms. The Morgan fingerprint density at radius 3 is 2.67 bits per heavy atom. The first-order valence-corrected chi connectivity index (χ1v) is 12.4. The summed E-state index contributed by atoms with van der Waals surface area (Å²) in [5, 5.41) is 12.3. The highest BCUT2D eigenvalue weighted by Crippen LogP contribution is 2.39. The summed E-state index contributed by atoms with van der Waals surface area (Å²) >= 11 is 4.69. The normalized spacial score (nSPS) is 15.2. The molecule has 1 aliphatic heterocycles. The average molecular weight is 571 g/mol.